The first-order valence-electron chi connectivity index (χ1n) is 9.14. The Morgan fingerprint density at radius 3 is 2.52 bits per heavy atom. The Labute approximate surface area is 193 Å². The van der Waals surface area contributed by atoms with Crippen LogP contribution in [-0.2, 0) is 6.61 Å². The molecular weight excluding hydrogens is 459 g/mol. The van der Waals surface area contributed by atoms with E-state index >= 15 is 0 Å². The Kier molecular flexibility index (Phi) is 5.88. The second kappa shape index (κ2) is 8.60. The van der Waals surface area contributed by atoms with E-state index in [1.807, 2.05) is 12.1 Å². The Hall–Kier alpha value is -3.04. The summed E-state index contributed by atoms with van der Waals surface area (Å²) >= 11 is 18.5. The largest absolute Gasteiger partial charge is 0.508 e. The molecule has 1 heterocycles. The fraction of sp³-hybridized carbons (Fsp3) is 0.0870. The molecule has 1 aliphatic rings. The highest BCUT2D eigenvalue weighted by molar-refractivity contribution is 6.42. The molecule has 31 heavy (non-hydrogen) atoms. The van der Waals surface area contributed by atoms with Crippen LogP contribution in [0.25, 0.3) is 0 Å². The number of hydrogen-bond donors (Lipinski definition) is 2. The number of phenols is 1. The van der Waals surface area contributed by atoms with Crippen molar-refractivity contribution >= 4 is 34.8 Å². The average Bonchev–Trinajstić information content (AvgIpc) is 2.74. The van der Waals surface area contributed by atoms with Crippen LogP contribution in [0.4, 0.5) is 0 Å². The van der Waals surface area contributed by atoms with Crippen molar-refractivity contribution in [3.05, 3.63) is 97.8 Å². The van der Waals surface area contributed by atoms with Crippen LogP contribution in [0.5, 0.6) is 17.2 Å². The summed E-state index contributed by atoms with van der Waals surface area (Å²) < 4.78 is 11.4. The number of phenolic OH excluding ortho intramolecular Hbond substituents is 1. The lowest BCUT2D eigenvalue weighted by Gasteiger charge is -2.26. The maximum atomic E-state index is 9.77. The summed E-state index contributed by atoms with van der Waals surface area (Å²) in [5.74, 6) is 0.398. The third kappa shape index (κ3) is 4.24. The number of rotatable bonds is 4. The van der Waals surface area contributed by atoms with E-state index in [1.54, 1.807) is 30.3 Å². The van der Waals surface area contributed by atoms with Crippen molar-refractivity contribution in [3.63, 3.8) is 0 Å². The highest BCUT2D eigenvalue weighted by Crippen LogP contribution is 2.44. The molecule has 0 aliphatic carbocycles. The molecule has 0 saturated carbocycles. The highest BCUT2D eigenvalue weighted by atomic mass is 35.5. The summed E-state index contributed by atoms with van der Waals surface area (Å²) in [5.41, 5.74) is 8.50. The number of ether oxygens (including phenoxy) is 2. The van der Waals surface area contributed by atoms with Gasteiger partial charge in [-0.2, -0.15) is 5.26 Å². The number of fused-ring (bicyclic) bond motifs is 1. The molecule has 0 spiro atoms. The molecule has 3 aromatic carbocycles. The number of halogens is 3. The highest BCUT2D eigenvalue weighted by Gasteiger charge is 2.31. The van der Waals surface area contributed by atoms with Gasteiger partial charge in [0.05, 0.1) is 21.0 Å². The van der Waals surface area contributed by atoms with E-state index < -0.39 is 5.92 Å². The Morgan fingerprint density at radius 2 is 1.81 bits per heavy atom. The number of allylic oxidation sites excluding steroid dienone is 1. The van der Waals surface area contributed by atoms with Crippen molar-refractivity contribution in [2.75, 3.05) is 0 Å². The van der Waals surface area contributed by atoms with Gasteiger partial charge in [-0.05, 0) is 41.5 Å². The number of aromatic hydroxyl groups is 1. The maximum absolute atomic E-state index is 9.77. The van der Waals surface area contributed by atoms with Gasteiger partial charge in [0.15, 0.2) is 0 Å². The number of nitrogens with two attached hydrogens (primary N) is 1. The SMILES string of the molecule is N#CC1=C(N)Oc2cc(O)ccc2[C@H]1c1ccc(OCc2ccc(Cl)c(Cl)c2)c(Cl)c1. The molecule has 1 atom stereocenters. The minimum atomic E-state index is -0.490. The Balaban J connectivity index is 1.64. The summed E-state index contributed by atoms with van der Waals surface area (Å²) in [4.78, 5) is 0. The molecule has 156 valence electrons. The topological polar surface area (TPSA) is 88.5 Å². The van der Waals surface area contributed by atoms with Gasteiger partial charge < -0.3 is 20.3 Å². The van der Waals surface area contributed by atoms with Crippen LogP contribution >= 0.6 is 34.8 Å². The van der Waals surface area contributed by atoms with Crippen molar-refractivity contribution in [1.82, 2.24) is 0 Å². The van der Waals surface area contributed by atoms with Gasteiger partial charge in [-0.1, -0.05) is 53.0 Å². The van der Waals surface area contributed by atoms with E-state index in [1.165, 1.54) is 12.1 Å². The third-order valence-corrected chi connectivity index (χ3v) is 5.90. The van der Waals surface area contributed by atoms with Crippen molar-refractivity contribution < 1.29 is 14.6 Å². The molecular formula is C23H15Cl3N2O3. The van der Waals surface area contributed by atoms with Crippen LogP contribution in [0.3, 0.4) is 0 Å². The predicted molar refractivity (Wildman–Crippen MR) is 120 cm³/mol. The molecule has 1 aliphatic heterocycles. The van der Waals surface area contributed by atoms with Gasteiger partial charge in [0.2, 0.25) is 5.88 Å². The van der Waals surface area contributed by atoms with Gasteiger partial charge in [0, 0.05) is 11.6 Å². The predicted octanol–water partition coefficient (Wildman–Crippen LogP) is 6.15. The van der Waals surface area contributed by atoms with E-state index in [2.05, 4.69) is 6.07 Å². The lowest BCUT2D eigenvalue weighted by atomic mass is 9.83. The van der Waals surface area contributed by atoms with Gasteiger partial charge in [0.1, 0.15) is 35.5 Å². The molecule has 0 unspecified atom stereocenters. The number of nitrogens with zero attached hydrogens (tertiary/aromatic N) is 1. The Bertz CT molecular complexity index is 1250. The second-order valence-corrected chi connectivity index (χ2v) is 8.10. The van der Waals surface area contributed by atoms with Gasteiger partial charge in [-0.3, -0.25) is 0 Å². The van der Waals surface area contributed by atoms with Crippen molar-refractivity contribution in [2.24, 2.45) is 5.73 Å². The maximum Gasteiger partial charge on any atom is 0.205 e. The summed E-state index contributed by atoms with van der Waals surface area (Å²) in [5, 5.41) is 20.7. The van der Waals surface area contributed by atoms with Crippen LogP contribution in [0.15, 0.2) is 66.1 Å². The van der Waals surface area contributed by atoms with E-state index in [9.17, 15) is 10.4 Å². The molecule has 3 aromatic rings. The van der Waals surface area contributed by atoms with Crippen molar-refractivity contribution in [2.45, 2.75) is 12.5 Å². The van der Waals surface area contributed by atoms with E-state index in [-0.39, 0.29) is 23.8 Å². The fourth-order valence-corrected chi connectivity index (χ4v) is 3.96. The zero-order valence-corrected chi connectivity index (χ0v) is 18.2. The number of nitriles is 1. The lowest BCUT2D eigenvalue weighted by Crippen LogP contribution is -2.21. The molecule has 0 radical (unpaired) electrons. The van der Waals surface area contributed by atoms with Gasteiger partial charge >= 0.3 is 0 Å². The molecule has 8 heteroatoms. The minimum Gasteiger partial charge on any atom is -0.508 e. The van der Waals surface area contributed by atoms with Crippen molar-refractivity contribution in [3.8, 4) is 23.3 Å². The quantitative estimate of drug-likeness (QED) is 0.474. The lowest BCUT2D eigenvalue weighted by molar-refractivity contribution is 0.306. The smallest absolute Gasteiger partial charge is 0.205 e. The molecule has 0 aromatic heterocycles. The molecule has 0 bridgehead atoms. The van der Waals surface area contributed by atoms with Gasteiger partial charge in [0.25, 0.3) is 0 Å². The van der Waals surface area contributed by atoms with Gasteiger partial charge in [-0.15, -0.1) is 0 Å². The average molecular weight is 474 g/mol. The molecule has 0 saturated heterocycles. The molecule has 0 fully saturated rings. The van der Waals surface area contributed by atoms with Crippen LogP contribution < -0.4 is 15.2 Å². The zero-order valence-electron chi connectivity index (χ0n) is 15.9. The number of benzene rings is 3. The molecule has 4 rings (SSSR count). The third-order valence-electron chi connectivity index (χ3n) is 4.87. The fourth-order valence-electron chi connectivity index (χ4n) is 3.39. The molecule has 0 amide bonds. The van der Waals surface area contributed by atoms with E-state index in [4.69, 9.17) is 50.0 Å². The summed E-state index contributed by atoms with van der Waals surface area (Å²) in [7, 11) is 0. The summed E-state index contributed by atoms with van der Waals surface area (Å²) in [6.07, 6.45) is 0. The van der Waals surface area contributed by atoms with E-state index in [0.29, 0.717) is 32.1 Å². The van der Waals surface area contributed by atoms with Gasteiger partial charge in [-0.25, -0.2) is 0 Å². The van der Waals surface area contributed by atoms with Crippen LogP contribution in [0, 0.1) is 11.3 Å². The number of hydrogen-bond acceptors (Lipinski definition) is 5. The summed E-state index contributed by atoms with van der Waals surface area (Å²) in [6, 6.07) is 17.3. The van der Waals surface area contributed by atoms with Crippen LogP contribution in [-0.4, -0.2) is 5.11 Å². The van der Waals surface area contributed by atoms with Crippen molar-refractivity contribution in [1.29, 1.82) is 5.26 Å². The first kappa shape index (κ1) is 21.2. The summed E-state index contributed by atoms with van der Waals surface area (Å²) in [6.45, 7) is 0.256. The van der Waals surface area contributed by atoms with Crippen LogP contribution in [0.2, 0.25) is 15.1 Å². The standard InChI is InChI=1S/C23H15Cl3N2O3/c24-17-5-1-12(7-18(17)25)11-30-20-6-2-13(8-19(20)26)22-15-4-3-14(29)9-21(15)31-23(28)16(22)10-27/h1-9,22,29H,11,28H2/t22-/m1/s1. The molecule has 5 nitrogen and oxygen atoms in total. The first-order chi connectivity index (χ1) is 14.9. The second-order valence-electron chi connectivity index (χ2n) is 6.87. The van der Waals surface area contributed by atoms with E-state index in [0.717, 1.165) is 11.1 Å². The first-order valence-corrected chi connectivity index (χ1v) is 10.3. The van der Waals surface area contributed by atoms with Crippen LogP contribution in [0.1, 0.15) is 22.6 Å². The zero-order chi connectivity index (χ0) is 22.1. The monoisotopic (exact) mass is 472 g/mol. The molecule has 3 N–H and O–H groups in total. The normalized spacial score (nSPS) is 15.1. The Morgan fingerprint density at radius 1 is 1.00 bits per heavy atom. The minimum absolute atomic E-state index is 0.0123.